The number of piperidine rings is 1. The number of likely N-dealkylation sites (tertiary alicyclic amines) is 1. The number of likely N-dealkylation sites (N-methyl/N-ethyl adjacent to an activating group) is 1. The molecular weight excluding hydrogens is 674 g/mol. The first-order valence-corrected chi connectivity index (χ1v) is 18.7. The van der Waals surface area contributed by atoms with Crippen molar-refractivity contribution in [3.05, 3.63) is 12.7 Å². The van der Waals surface area contributed by atoms with E-state index in [0.717, 1.165) is 88.8 Å². The van der Waals surface area contributed by atoms with Crippen LogP contribution in [0.5, 0.6) is 0 Å². The molecule has 0 aromatic carbocycles. The summed E-state index contributed by atoms with van der Waals surface area (Å²) in [6, 6.07) is 0.466. The van der Waals surface area contributed by atoms with E-state index in [1.54, 1.807) is 13.8 Å². The van der Waals surface area contributed by atoms with Crippen molar-refractivity contribution in [1.29, 1.82) is 0 Å². The smallest absolute Gasteiger partial charge is 0.302 e. The predicted molar refractivity (Wildman–Crippen MR) is 180 cm³/mol. The third-order valence-electron chi connectivity index (χ3n) is 14.4. The van der Waals surface area contributed by atoms with Gasteiger partial charge in [0.1, 0.15) is 18.3 Å². The number of hydrogen-bond donors (Lipinski definition) is 0. The molecule has 4 saturated carbocycles. The second kappa shape index (κ2) is 14.6. The van der Waals surface area contributed by atoms with Crippen LogP contribution in [0.1, 0.15) is 92.4 Å². The number of carbonyl (C=O) groups is 3. The van der Waals surface area contributed by atoms with E-state index in [1.165, 1.54) is 26.2 Å². The molecule has 0 aromatic heterocycles. The summed E-state index contributed by atoms with van der Waals surface area (Å²) in [4.78, 5) is 41.8. The summed E-state index contributed by atoms with van der Waals surface area (Å²) in [7, 11) is 2.34. The second-order valence-corrected chi connectivity index (χ2v) is 17.1. The molecule has 272 valence electrons. The molecule has 10 atom stereocenters. The lowest BCUT2D eigenvalue weighted by molar-refractivity contribution is -0.908. The maximum atomic E-state index is 12.6. The highest BCUT2D eigenvalue weighted by atomic mass is 79.9. The second-order valence-electron chi connectivity index (χ2n) is 17.1. The number of carbonyl (C=O) groups excluding carboxylic acids is 3. The topological polar surface area (TPSA) is 85.4 Å². The van der Waals surface area contributed by atoms with Gasteiger partial charge in [-0.2, -0.15) is 0 Å². The first-order valence-electron chi connectivity index (χ1n) is 18.7. The molecule has 2 saturated heterocycles. The summed E-state index contributed by atoms with van der Waals surface area (Å²) in [6.07, 6.45) is 11.3. The van der Waals surface area contributed by atoms with E-state index in [2.05, 4.69) is 43.3 Å². The molecular formula is C38H62BrN3O6. The molecule has 6 fully saturated rings. The Morgan fingerprint density at radius 2 is 1.42 bits per heavy atom. The third kappa shape index (κ3) is 7.16. The predicted octanol–water partition coefficient (Wildman–Crippen LogP) is 1.83. The molecule has 0 unspecified atom stereocenters. The zero-order chi connectivity index (χ0) is 33.7. The van der Waals surface area contributed by atoms with Gasteiger partial charge in [-0.15, -0.1) is 0 Å². The highest BCUT2D eigenvalue weighted by Gasteiger charge is 2.65. The first-order chi connectivity index (χ1) is 22.3. The number of rotatable bonds is 7. The summed E-state index contributed by atoms with van der Waals surface area (Å²) in [6.45, 7) is 20.7. The van der Waals surface area contributed by atoms with E-state index < -0.39 is 0 Å². The maximum absolute atomic E-state index is 12.6. The van der Waals surface area contributed by atoms with Crippen molar-refractivity contribution in [2.45, 2.75) is 123 Å². The summed E-state index contributed by atoms with van der Waals surface area (Å²) in [5.74, 6) is 1.77. The van der Waals surface area contributed by atoms with E-state index >= 15 is 0 Å². The number of hydrogen-bond acceptors (Lipinski definition) is 8. The molecule has 0 radical (unpaired) electrons. The molecule has 2 heterocycles. The highest BCUT2D eigenvalue weighted by molar-refractivity contribution is 5.67. The average molecular weight is 737 g/mol. The largest absolute Gasteiger partial charge is 1.00 e. The van der Waals surface area contributed by atoms with Gasteiger partial charge in [0.2, 0.25) is 0 Å². The van der Waals surface area contributed by atoms with Crippen LogP contribution < -0.4 is 17.0 Å². The van der Waals surface area contributed by atoms with Crippen LogP contribution in [-0.4, -0.2) is 115 Å². The van der Waals surface area contributed by atoms with Gasteiger partial charge in [0.05, 0.1) is 26.7 Å². The average Bonchev–Trinajstić information content (AvgIpc) is 3.29. The summed E-state index contributed by atoms with van der Waals surface area (Å²) in [5.41, 5.74) is 0.160. The van der Waals surface area contributed by atoms with E-state index in [1.807, 2.05) is 0 Å². The van der Waals surface area contributed by atoms with E-state index in [4.69, 9.17) is 14.2 Å². The first kappa shape index (κ1) is 37.8. The molecule has 10 heteroatoms. The van der Waals surface area contributed by atoms with Gasteiger partial charge in [0.25, 0.3) is 0 Å². The van der Waals surface area contributed by atoms with Crippen LogP contribution in [0.4, 0.5) is 0 Å². The van der Waals surface area contributed by atoms with Crippen molar-refractivity contribution in [1.82, 2.24) is 9.80 Å². The molecule has 0 spiro atoms. The lowest BCUT2D eigenvalue weighted by atomic mass is 9.44. The Kier molecular flexibility index (Phi) is 11.5. The zero-order valence-electron chi connectivity index (χ0n) is 30.5. The minimum atomic E-state index is -0.206. The van der Waals surface area contributed by atoms with Gasteiger partial charge in [0, 0.05) is 64.4 Å². The Hall–Kier alpha value is -1.49. The minimum absolute atomic E-state index is 0. The number of nitrogens with zero attached hydrogens (tertiary/aromatic N) is 3. The van der Waals surface area contributed by atoms with Crippen molar-refractivity contribution >= 4 is 17.9 Å². The Morgan fingerprint density at radius 1 is 0.792 bits per heavy atom. The van der Waals surface area contributed by atoms with Gasteiger partial charge in [0.15, 0.2) is 0 Å². The van der Waals surface area contributed by atoms with Gasteiger partial charge in [-0.3, -0.25) is 24.2 Å². The van der Waals surface area contributed by atoms with Crippen LogP contribution in [0.25, 0.3) is 0 Å². The van der Waals surface area contributed by atoms with Crippen LogP contribution in [0.15, 0.2) is 12.7 Å². The lowest BCUT2D eigenvalue weighted by Crippen LogP contribution is -3.00. The molecule has 9 nitrogen and oxygen atoms in total. The molecule has 4 aliphatic carbocycles. The fourth-order valence-electron chi connectivity index (χ4n) is 12.0. The Bertz CT molecular complexity index is 1200. The van der Waals surface area contributed by atoms with Crippen LogP contribution in [0.2, 0.25) is 0 Å². The minimum Gasteiger partial charge on any atom is -1.00 e. The van der Waals surface area contributed by atoms with Crippen LogP contribution in [0, 0.1) is 34.5 Å². The quantitative estimate of drug-likeness (QED) is 0.170. The van der Waals surface area contributed by atoms with Gasteiger partial charge >= 0.3 is 17.9 Å². The summed E-state index contributed by atoms with van der Waals surface area (Å²) in [5, 5.41) is 0. The van der Waals surface area contributed by atoms with E-state index in [9.17, 15) is 14.4 Å². The summed E-state index contributed by atoms with van der Waals surface area (Å²) < 4.78 is 19.0. The van der Waals surface area contributed by atoms with Gasteiger partial charge in [-0.25, -0.2) is 0 Å². The molecule has 0 aromatic rings. The van der Waals surface area contributed by atoms with Crippen molar-refractivity contribution in [2.24, 2.45) is 34.5 Å². The van der Waals surface area contributed by atoms with Gasteiger partial charge in [-0.1, -0.05) is 20.4 Å². The number of quaternary nitrogens is 1. The molecule has 48 heavy (non-hydrogen) atoms. The molecule has 2 aliphatic heterocycles. The third-order valence-corrected chi connectivity index (χ3v) is 14.4. The van der Waals surface area contributed by atoms with Crippen molar-refractivity contribution in [3.8, 4) is 0 Å². The number of esters is 3. The Labute approximate surface area is 299 Å². The van der Waals surface area contributed by atoms with E-state index in [0.29, 0.717) is 23.7 Å². The van der Waals surface area contributed by atoms with Crippen molar-refractivity contribution < 1.29 is 50.1 Å². The van der Waals surface area contributed by atoms with Crippen LogP contribution in [-0.2, 0) is 28.6 Å². The molecule has 0 N–H and O–H groups in total. The Morgan fingerprint density at radius 3 is 2.02 bits per heavy atom. The number of halogens is 1. The zero-order valence-corrected chi connectivity index (χ0v) is 32.0. The Balaban J connectivity index is 0.00000451. The maximum Gasteiger partial charge on any atom is 0.302 e. The molecule has 6 aliphatic rings. The molecule has 6 rings (SSSR count). The van der Waals surface area contributed by atoms with Crippen LogP contribution >= 0.6 is 0 Å². The fraction of sp³-hybridized carbons (Fsp3) is 0.868. The number of fused-ring (bicyclic) bond motifs is 5. The standard InChI is InChI=1S/C38H62N3O6.BrH/c1-8-19-41(7)20-17-40(18-21-41)33-23-32-30-10-9-28-22-35(46-26(3)43)34(39-15-12-29(13-16-39)45-25(2)42)24-38(28,6)31(30)11-14-37(32,5)36(33)47-27(4)44;/h8,28-36H,1,9-24H2,2-7H3;1H/q+1;/p-1/t28-,30+,31-,32-,33-,34-,35-,36-,37-,38-;/m0./s1. The van der Waals surface area contributed by atoms with Gasteiger partial charge < -0.3 is 35.7 Å². The van der Waals surface area contributed by atoms with Crippen molar-refractivity contribution in [2.75, 3.05) is 52.9 Å². The molecule has 0 amide bonds. The number of ether oxygens (including phenoxy) is 3. The van der Waals surface area contributed by atoms with Gasteiger partial charge in [-0.05, 0) is 93.0 Å². The summed E-state index contributed by atoms with van der Waals surface area (Å²) >= 11 is 0. The number of piperazine rings is 1. The molecule has 0 bridgehead atoms. The SMILES string of the molecule is C=CC[N+]1(C)CCN([C@H]2C[C@H]3[C@@H]4CC[C@H]5C[C@H](OC(C)=O)[C@@H](N6CCC(OC(C)=O)CC6)C[C@]5(C)[C@H]4CC[C@]3(C)[C@H]2OC(C)=O)CC1.[Br-]. The lowest BCUT2D eigenvalue weighted by Gasteiger charge is -2.62. The highest BCUT2D eigenvalue weighted by Crippen LogP contribution is 2.67. The van der Waals surface area contributed by atoms with Crippen molar-refractivity contribution in [3.63, 3.8) is 0 Å². The van der Waals surface area contributed by atoms with Crippen LogP contribution in [0.3, 0.4) is 0 Å². The van der Waals surface area contributed by atoms with E-state index in [-0.39, 0.29) is 76.1 Å². The fourth-order valence-corrected chi connectivity index (χ4v) is 12.0. The normalized spacial score (nSPS) is 41.5. The monoisotopic (exact) mass is 735 g/mol.